The SMILES string of the molecule is CCNC(=NCc1cccc(OCC(N)=O)c1)NCC1CCCS1.I. The van der Waals surface area contributed by atoms with E-state index in [-0.39, 0.29) is 30.6 Å². The Morgan fingerprint density at radius 2 is 2.28 bits per heavy atom. The van der Waals surface area contributed by atoms with Gasteiger partial charge in [-0.3, -0.25) is 4.79 Å². The molecule has 2 rings (SSSR count). The molecule has 0 spiro atoms. The summed E-state index contributed by atoms with van der Waals surface area (Å²) >= 11 is 2.03. The summed E-state index contributed by atoms with van der Waals surface area (Å²) in [7, 11) is 0. The number of guanidine groups is 1. The van der Waals surface area contributed by atoms with E-state index < -0.39 is 5.91 Å². The second kappa shape index (κ2) is 12.2. The fourth-order valence-corrected chi connectivity index (χ4v) is 3.62. The fourth-order valence-electron chi connectivity index (χ4n) is 2.42. The molecule has 1 aliphatic heterocycles. The highest BCUT2D eigenvalue weighted by atomic mass is 127. The summed E-state index contributed by atoms with van der Waals surface area (Å²) in [6, 6.07) is 7.55. The highest BCUT2D eigenvalue weighted by Crippen LogP contribution is 2.25. The van der Waals surface area contributed by atoms with Gasteiger partial charge < -0.3 is 21.1 Å². The van der Waals surface area contributed by atoms with Gasteiger partial charge in [-0.2, -0.15) is 11.8 Å². The molecular formula is C17H27IN4O2S. The highest BCUT2D eigenvalue weighted by molar-refractivity contribution is 14.0. The van der Waals surface area contributed by atoms with Gasteiger partial charge in [0.05, 0.1) is 6.54 Å². The fraction of sp³-hybridized carbons (Fsp3) is 0.529. The maximum atomic E-state index is 10.8. The number of rotatable bonds is 8. The van der Waals surface area contributed by atoms with Crippen molar-refractivity contribution >= 4 is 47.6 Å². The molecule has 1 fully saturated rings. The van der Waals surface area contributed by atoms with Gasteiger partial charge in [0.2, 0.25) is 0 Å². The van der Waals surface area contributed by atoms with Crippen molar-refractivity contribution in [2.24, 2.45) is 10.7 Å². The van der Waals surface area contributed by atoms with Gasteiger partial charge in [-0.1, -0.05) is 12.1 Å². The molecule has 140 valence electrons. The van der Waals surface area contributed by atoms with Crippen LogP contribution in [-0.4, -0.2) is 42.6 Å². The molecule has 1 heterocycles. The number of nitrogens with one attached hydrogen (secondary N) is 2. The number of nitrogens with two attached hydrogens (primary N) is 1. The molecule has 8 heteroatoms. The van der Waals surface area contributed by atoms with Crippen molar-refractivity contribution in [1.82, 2.24) is 10.6 Å². The zero-order valence-corrected chi connectivity index (χ0v) is 17.6. The van der Waals surface area contributed by atoms with Crippen molar-refractivity contribution in [1.29, 1.82) is 0 Å². The first-order chi connectivity index (χ1) is 11.7. The van der Waals surface area contributed by atoms with Crippen LogP contribution < -0.4 is 21.1 Å². The minimum Gasteiger partial charge on any atom is -0.484 e. The quantitative estimate of drug-likeness (QED) is 0.303. The van der Waals surface area contributed by atoms with Crippen LogP contribution in [0, 0.1) is 0 Å². The summed E-state index contributed by atoms with van der Waals surface area (Å²) in [6.07, 6.45) is 2.58. The smallest absolute Gasteiger partial charge is 0.255 e. The van der Waals surface area contributed by atoms with E-state index in [4.69, 9.17) is 10.5 Å². The van der Waals surface area contributed by atoms with Gasteiger partial charge in [0.25, 0.3) is 5.91 Å². The molecule has 0 aliphatic carbocycles. The number of amides is 1. The number of carbonyl (C=O) groups excluding carboxylic acids is 1. The topological polar surface area (TPSA) is 88.7 Å². The van der Waals surface area contributed by atoms with Crippen LogP contribution in [0.2, 0.25) is 0 Å². The number of ether oxygens (including phenoxy) is 1. The van der Waals surface area contributed by atoms with Crippen molar-refractivity contribution in [2.75, 3.05) is 25.4 Å². The number of hydrogen-bond acceptors (Lipinski definition) is 4. The average molecular weight is 478 g/mol. The summed E-state index contributed by atoms with van der Waals surface area (Å²) in [5, 5.41) is 7.36. The maximum Gasteiger partial charge on any atom is 0.255 e. The summed E-state index contributed by atoms with van der Waals surface area (Å²) in [4.78, 5) is 15.4. The Balaban J connectivity index is 0.00000312. The predicted molar refractivity (Wildman–Crippen MR) is 115 cm³/mol. The van der Waals surface area contributed by atoms with Crippen molar-refractivity contribution in [2.45, 2.75) is 31.6 Å². The zero-order chi connectivity index (χ0) is 17.2. The molecule has 0 saturated carbocycles. The van der Waals surface area contributed by atoms with Crippen molar-refractivity contribution < 1.29 is 9.53 Å². The van der Waals surface area contributed by atoms with Crippen molar-refractivity contribution in [3.8, 4) is 5.75 Å². The van der Waals surface area contributed by atoms with Crippen LogP contribution in [0.5, 0.6) is 5.75 Å². The summed E-state index contributed by atoms with van der Waals surface area (Å²) in [6.45, 7) is 4.25. The largest absolute Gasteiger partial charge is 0.484 e. The van der Waals surface area contributed by atoms with Gasteiger partial charge in [-0.15, -0.1) is 24.0 Å². The molecular weight excluding hydrogens is 451 g/mol. The zero-order valence-electron chi connectivity index (χ0n) is 14.5. The van der Waals surface area contributed by atoms with E-state index in [9.17, 15) is 4.79 Å². The first-order valence-corrected chi connectivity index (χ1v) is 9.36. The summed E-state index contributed by atoms with van der Waals surface area (Å²) in [5.74, 6) is 2.23. The third kappa shape index (κ3) is 8.66. The van der Waals surface area contributed by atoms with Crippen LogP contribution in [0.3, 0.4) is 0 Å². The lowest BCUT2D eigenvalue weighted by atomic mass is 10.2. The predicted octanol–water partition coefficient (Wildman–Crippen LogP) is 2.12. The molecule has 6 nitrogen and oxygen atoms in total. The van der Waals surface area contributed by atoms with Crippen LogP contribution in [0.15, 0.2) is 29.3 Å². The van der Waals surface area contributed by atoms with Gasteiger partial charge in [0.15, 0.2) is 12.6 Å². The number of thioether (sulfide) groups is 1. The first kappa shape index (κ1) is 21.9. The van der Waals surface area contributed by atoms with Crippen molar-refractivity contribution in [3.63, 3.8) is 0 Å². The number of carbonyl (C=O) groups is 1. The molecule has 1 aliphatic rings. The second-order valence-corrected chi connectivity index (χ2v) is 7.02. The third-order valence-corrected chi connectivity index (χ3v) is 4.96. The number of halogens is 1. The molecule has 0 bridgehead atoms. The Morgan fingerprint density at radius 1 is 1.44 bits per heavy atom. The lowest BCUT2D eigenvalue weighted by molar-refractivity contribution is -0.119. The first-order valence-electron chi connectivity index (χ1n) is 8.31. The van der Waals surface area contributed by atoms with Gasteiger partial charge >= 0.3 is 0 Å². The monoisotopic (exact) mass is 478 g/mol. The Labute approximate surface area is 170 Å². The number of nitrogens with zero attached hydrogens (tertiary/aromatic N) is 1. The van der Waals surface area contributed by atoms with Gasteiger partial charge in [0.1, 0.15) is 5.75 Å². The van der Waals surface area contributed by atoms with Crippen LogP contribution in [0.25, 0.3) is 0 Å². The van der Waals surface area contributed by atoms with E-state index in [0.717, 1.165) is 24.6 Å². The highest BCUT2D eigenvalue weighted by Gasteiger charge is 2.15. The Bertz CT molecular complexity index is 565. The maximum absolute atomic E-state index is 10.8. The van der Waals surface area contributed by atoms with Gasteiger partial charge in [-0.05, 0) is 43.2 Å². The van der Waals surface area contributed by atoms with Crippen molar-refractivity contribution in [3.05, 3.63) is 29.8 Å². The second-order valence-electron chi connectivity index (χ2n) is 5.61. The van der Waals surface area contributed by atoms with Crippen LogP contribution in [-0.2, 0) is 11.3 Å². The van der Waals surface area contributed by atoms with E-state index in [1.165, 1.54) is 18.6 Å². The Kier molecular flexibility index (Phi) is 10.7. The van der Waals surface area contributed by atoms with Crippen LogP contribution in [0.4, 0.5) is 0 Å². The summed E-state index contributed by atoms with van der Waals surface area (Å²) in [5.41, 5.74) is 6.11. The molecule has 1 amide bonds. The number of hydrogen-bond donors (Lipinski definition) is 3. The minimum atomic E-state index is -0.484. The third-order valence-electron chi connectivity index (χ3n) is 3.56. The summed E-state index contributed by atoms with van der Waals surface area (Å²) < 4.78 is 5.32. The van der Waals surface area contributed by atoms with Crippen LogP contribution in [0.1, 0.15) is 25.3 Å². The number of aliphatic imine (C=N–C) groups is 1. The lowest BCUT2D eigenvalue weighted by Crippen LogP contribution is -2.40. The Morgan fingerprint density at radius 3 is 2.96 bits per heavy atom. The molecule has 1 aromatic rings. The van der Waals surface area contributed by atoms with Gasteiger partial charge in [0, 0.05) is 18.3 Å². The molecule has 0 radical (unpaired) electrons. The molecule has 1 saturated heterocycles. The Hall–Kier alpha value is -1.16. The lowest BCUT2D eigenvalue weighted by Gasteiger charge is -2.14. The van der Waals surface area contributed by atoms with Gasteiger partial charge in [-0.25, -0.2) is 4.99 Å². The van der Waals surface area contributed by atoms with E-state index >= 15 is 0 Å². The normalized spacial score (nSPS) is 16.8. The molecule has 1 atom stereocenters. The van der Waals surface area contributed by atoms with E-state index in [1.54, 1.807) is 6.07 Å². The average Bonchev–Trinajstić information content (AvgIpc) is 3.09. The minimum absolute atomic E-state index is 0. The molecule has 1 unspecified atom stereocenters. The van der Waals surface area contributed by atoms with E-state index in [2.05, 4.69) is 22.5 Å². The molecule has 4 N–H and O–H groups in total. The standard InChI is InChI=1S/C17H26N4O2S.HI/c1-2-19-17(21-11-15-7-4-8-24-15)20-10-13-5-3-6-14(9-13)23-12-16(18)22;/h3,5-6,9,15H,2,4,7-8,10-12H2,1H3,(H2,18,22)(H2,19,20,21);1H. The number of benzene rings is 1. The van der Waals surface area contributed by atoms with E-state index in [1.807, 2.05) is 30.0 Å². The molecule has 1 aromatic carbocycles. The number of primary amides is 1. The van der Waals surface area contributed by atoms with E-state index in [0.29, 0.717) is 17.5 Å². The molecule has 0 aromatic heterocycles. The molecule has 25 heavy (non-hydrogen) atoms. The van der Waals surface area contributed by atoms with Crippen LogP contribution >= 0.6 is 35.7 Å².